The first kappa shape index (κ1) is 22.1. The van der Waals surface area contributed by atoms with Crippen molar-refractivity contribution in [3.63, 3.8) is 0 Å². The quantitative estimate of drug-likeness (QED) is 0.188. The highest BCUT2D eigenvalue weighted by Gasteiger charge is 2.21. The Balaban J connectivity index is 1.71. The van der Waals surface area contributed by atoms with E-state index in [9.17, 15) is 23.9 Å². The molecule has 0 atom stereocenters. The second kappa shape index (κ2) is 8.79. The summed E-state index contributed by atoms with van der Waals surface area (Å²) in [5.41, 5.74) is 7.52. The minimum atomic E-state index is -1.27. The first-order valence-corrected chi connectivity index (χ1v) is 10.2. The zero-order valence-corrected chi connectivity index (χ0v) is 17.9. The monoisotopic (exact) mass is 471 g/mol. The Morgan fingerprint density at radius 3 is 2.64 bits per heavy atom. The Kier molecular flexibility index (Phi) is 5.88. The number of aromatic nitrogens is 2. The SMILES string of the molecule is COc1ncc(-c2ccc3c(c2)cc(C(=O)O)c(N)[n+]3O)cc1NSc1ccc(F)cc1F. The van der Waals surface area contributed by atoms with E-state index in [0.29, 0.717) is 32.4 Å². The predicted molar refractivity (Wildman–Crippen MR) is 118 cm³/mol. The van der Waals surface area contributed by atoms with Crippen molar-refractivity contribution in [1.29, 1.82) is 0 Å². The van der Waals surface area contributed by atoms with Crippen LogP contribution in [0.3, 0.4) is 0 Å². The number of carboxylic acids is 1. The van der Waals surface area contributed by atoms with E-state index in [1.165, 1.54) is 19.2 Å². The number of rotatable bonds is 6. The molecule has 0 unspecified atom stereocenters. The van der Waals surface area contributed by atoms with Gasteiger partial charge in [-0.05, 0) is 64.7 Å². The maximum Gasteiger partial charge on any atom is 0.344 e. The lowest BCUT2D eigenvalue weighted by molar-refractivity contribution is -0.873. The number of aromatic carboxylic acids is 1. The van der Waals surface area contributed by atoms with Crippen LogP contribution >= 0.6 is 11.9 Å². The summed E-state index contributed by atoms with van der Waals surface area (Å²) in [7, 11) is 1.43. The maximum absolute atomic E-state index is 14.0. The highest BCUT2D eigenvalue weighted by molar-refractivity contribution is 8.00. The molecule has 0 bridgehead atoms. The van der Waals surface area contributed by atoms with Crippen molar-refractivity contribution < 1.29 is 33.4 Å². The maximum atomic E-state index is 14.0. The molecule has 4 rings (SSSR count). The fourth-order valence-electron chi connectivity index (χ4n) is 3.20. The van der Waals surface area contributed by atoms with Crippen molar-refractivity contribution in [2.75, 3.05) is 17.6 Å². The molecule has 11 heteroatoms. The summed E-state index contributed by atoms with van der Waals surface area (Å²) in [5.74, 6) is -2.69. The number of fused-ring (bicyclic) bond motifs is 1. The van der Waals surface area contributed by atoms with Crippen LogP contribution in [0.1, 0.15) is 10.4 Å². The standard InChI is InChI=1S/C22H16F2N4O4S/c1-32-21-17(27-33-19-5-3-14(23)9-16(19)24)8-13(10-26-21)11-2-4-18-12(6-11)7-15(22(29)30)20(25)28(18)31/h2-10,25,27,31H,1H3,(H,29,30)/p+1. The van der Waals surface area contributed by atoms with Crippen LogP contribution in [0.4, 0.5) is 20.3 Å². The molecule has 168 valence electrons. The normalized spacial score (nSPS) is 10.9. The fraction of sp³-hybridized carbons (Fsp3) is 0.0455. The highest BCUT2D eigenvalue weighted by atomic mass is 32.2. The molecule has 4 aromatic rings. The number of pyridine rings is 2. The van der Waals surface area contributed by atoms with Crippen LogP contribution in [-0.2, 0) is 0 Å². The van der Waals surface area contributed by atoms with E-state index in [4.69, 9.17) is 10.5 Å². The van der Waals surface area contributed by atoms with E-state index < -0.39 is 17.6 Å². The molecular weight excluding hydrogens is 454 g/mol. The van der Waals surface area contributed by atoms with Gasteiger partial charge in [0, 0.05) is 23.2 Å². The minimum absolute atomic E-state index is 0.181. The van der Waals surface area contributed by atoms with Gasteiger partial charge in [0.15, 0.2) is 11.1 Å². The molecule has 0 spiro atoms. The Hall–Kier alpha value is -4.12. The van der Waals surface area contributed by atoms with E-state index in [1.54, 1.807) is 30.5 Å². The minimum Gasteiger partial charge on any atom is -0.480 e. The van der Waals surface area contributed by atoms with Gasteiger partial charge in [0.2, 0.25) is 5.88 Å². The average molecular weight is 471 g/mol. The number of hydrogen-bond acceptors (Lipinski definition) is 7. The first-order chi connectivity index (χ1) is 15.8. The molecule has 33 heavy (non-hydrogen) atoms. The number of nitrogen functional groups attached to an aromatic ring is 1. The van der Waals surface area contributed by atoms with Gasteiger partial charge in [-0.3, -0.25) is 5.73 Å². The highest BCUT2D eigenvalue weighted by Crippen LogP contribution is 2.33. The topological polar surface area (TPSA) is 122 Å². The van der Waals surface area contributed by atoms with Crippen molar-refractivity contribution in [3.8, 4) is 17.0 Å². The number of hydrogen-bond donors (Lipinski definition) is 4. The van der Waals surface area contributed by atoms with Crippen LogP contribution in [0, 0.1) is 11.6 Å². The third kappa shape index (κ3) is 4.30. The van der Waals surface area contributed by atoms with Crippen LogP contribution in [0.15, 0.2) is 59.6 Å². The van der Waals surface area contributed by atoms with E-state index in [1.807, 2.05) is 0 Å². The smallest absolute Gasteiger partial charge is 0.344 e. The first-order valence-electron chi connectivity index (χ1n) is 9.41. The van der Waals surface area contributed by atoms with Crippen LogP contribution in [-0.4, -0.2) is 28.4 Å². The average Bonchev–Trinajstić information content (AvgIpc) is 2.80. The molecule has 0 aliphatic rings. The second-order valence-corrected chi connectivity index (χ2v) is 7.74. The van der Waals surface area contributed by atoms with E-state index in [0.717, 1.165) is 24.1 Å². The van der Waals surface area contributed by atoms with Gasteiger partial charge in [-0.1, -0.05) is 0 Å². The molecule has 0 aliphatic heterocycles. The van der Waals surface area contributed by atoms with Crippen LogP contribution < -0.4 is 19.9 Å². The van der Waals surface area contributed by atoms with Gasteiger partial charge in [-0.2, -0.15) is 0 Å². The number of nitrogens with one attached hydrogen (secondary N) is 1. The van der Waals surface area contributed by atoms with Crippen molar-refractivity contribution in [3.05, 3.63) is 71.9 Å². The Labute approximate surface area is 190 Å². The summed E-state index contributed by atoms with van der Waals surface area (Å²) in [5, 5.41) is 20.0. The second-order valence-electron chi connectivity index (χ2n) is 6.89. The molecule has 5 N–H and O–H groups in total. The van der Waals surface area contributed by atoms with Crippen molar-refractivity contribution in [1.82, 2.24) is 4.98 Å². The Morgan fingerprint density at radius 2 is 1.94 bits per heavy atom. The molecule has 0 saturated carbocycles. The van der Waals surface area contributed by atoms with Crippen LogP contribution in [0.2, 0.25) is 0 Å². The predicted octanol–water partition coefficient (Wildman–Crippen LogP) is 4.11. The Morgan fingerprint density at radius 1 is 1.15 bits per heavy atom. The zero-order valence-electron chi connectivity index (χ0n) is 17.0. The third-order valence-corrected chi connectivity index (χ3v) is 5.71. The number of halogens is 2. The van der Waals surface area contributed by atoms with Gasteiger partial charge < -0.3 is 19.8 Å². The van der Waals surface area contributed by atoms with Gasteiger partial charge in [0.1, 0.15) is 17.3 Å². The lowest BCUT2D eigenvalue weighted by Gasteiger charge is -2.12. The largest absolute Gasteiger partial charge is 0.480 e. The molecule has 2 heterocycles. The number of carbonyl (C=O) groups is 1. The lowest BCUT2D eigenvalue weighted by atomic mass is 10.0. The van der Waals surface area contributed by atoms with E-state index in [2.05, 4.69) is 9.71 Å². The molecule has 0 saturated heterocycles. The number of nitrogens with zero attached hydrogens (tertiary/aromatic N) is 2. The third-order valence-electron chi connectivity index (χ3n) is 4.83. The summed E-state index contributed by atoms with van der Waals surface area (Å²) in [6.07, 6.45) is 1.55. The summed E-state index contributed by atoms with van der Waals surface area (Å²) in [4.78, 5) is 15.9. The summed E-state index contributed by atoms with van der Waals surface area (Å²) in [6, 6.07) is 11.3. The number of benzene rings is 2. The number of methoxy groups -OCH3 is 1. The van der Waals surface area contributed by atoms with Gasteiger partial charge >= 0.3 is 11.8 Å². The molecule has 2 aromatic heterocycles. The lowest BCUT2D eigenvalue weighted by Crippen LogP contribution is -2.36. The Bertz CT molecular complexity index is 1400. The van der Waals surface area contributed by atoms with Crippen molar-refractivity contribution in [2.24, 2.45) is 0 Å². The van der Waals surface area contributed by atoms with Crippen LogP contribution in [0.5, 0.6) is 5.88 Å². The molecule has 0 fully saturated rings. The molecular formula is C22H17F2N4O4S+. The van der Waals surface area contributed by atoms with Crippen molar-refractivity contribution in [2.45, 2.75) is 4.90 Å². The van der Waals surface area contributed by atoms with E-state index in [-0.39, 0.29) is 22.2 Å². The summed E-state index contributed by atoms with van der Waals surface area (Å²) in [6.45, 7) is 0. The molecule has 0 aliphatic carbocycles. The van der Waals surface area contributed by atoms with Crippen LogP contribution in [0.25, 0.3) is 22.0 Å². The molecule has 0 radical (unpaired) electrons. The van der Waals surface area contributed by atoms with Crippen molar-refractivity contribution >= 4 is 40.3 Å². The number of anilines is 2. The number of ether oxygens (including phenoxy) is 1. The summed E-state index contributed by atoms with van der Waals surface area (Å²) < 4.78 is 35.9. The molecule has 2 aromatic carbocycles. The summed E-state index contributed by atoms with van der Waals surface area (Å²) >= 11 is 0.926. The van der Waals surface area contributed by atoms with Gasteiger partial charge in [-0.15, -0.1) is 0 Å². The molecule has 0 amide bonds. The van der Waals surface area contributed by atoms with Gasteiger partial charge in [-0.25, -0.2) is 18.6 Å². The molecule has 8 nitrogen and oxygen atoms in total. The fourth-order valence-corrected chi connectivity index (χ4v) is 3.86. The van der Waals surface area contributed by atoms with Gasteiger partial charge in [0.25, 0.3) is 0 Å². The van der Waals surface area contributed by atoms with E-state index >= 15 is 0 Å². The number of nitrogens with two attached hydrogens (primary N) is 1. The number of carboxylic acid groups (broad SMARTS) is 1. The van der Waals surface area contributed by atoms with Gasteiger partial charge in [0.05, 0.1) is 12.0 Å². The zero-order chi connectivity index (χ0) is 23.7.